The SMILES string of the molecule is CC/C=C\C/C=C\C/C=C\C/C=C\CCCCC(=O)OC(COC(=O)CCCCCCC/C=C\CCCCCC)COC(=O)CCCCCCCCCCCCCCCCC/C=C\C/C=C\CCCCCCC. The highest BCUT2D eigenvalue weighted by molar-refractivity contribution is 5.71. The molecule has 0 amide bonds. The number of carbonyl (C=O) groups is 3. The fourth-order valence-corrected chi connectivity index (χ4v) is 8.69. The van der Waals surface area contributed by atoms with E-state index in [1.165, 1.54) is 167 Å². The van der Waals surface area contributed by atoms with E-state index in [1.54, 1.807) is 0 Å². The summed E-state index contributed by atoms with van der Waals surface area (Å²) >= 11 is 0. The molecule has 0 aromatic heterocycles. The van der Waals surface area contributed by atoms with Crippen molar-refractivity contribution in [1.82, 2.24) is 0 Å². The summed E-state index contributed by atoms with van der Waals surface area (Å²) in [5, 5.41) is 0. The highest BCUT2D eigenvalue weighted by Gasteiger charge is 2.19. The first kappa shape index (κ1) is 69.6. The van der Waals surface area contributed by atoms with Crippen molar-refractivity contribution in [2.24, 2.45) is 0 Å². The summed E-state index contributed by atoms with van der Waals surface area (Å²) in [4.78, 5) is 38.2. The van der Waals surface area contributed by atoms with Crippen molar-refractivity contribution in [3.05, 3.63) is 85.1 Å². The summed E-state index contributed by atoms with van der Waals surface area (Å²) in [7, 11) is 0. The van der Waals surface area contributed by atoms with Gasteiger partial charge in [0.2, 0.25) is 0 Å². The first-order chi connectivity index (χ1) is 36.0. The smallest absolute Gasteiger partial charge is 0.306 e. The molecular formula is C67H116O6. The second-order valence-corrected chi connectivity index (χ2v) is 20.6. The lowest BCUT2D eigenvalue weighted by molar-refractivity contribution is -0.167. The molecule has 0 saturated heterocycles. The maximum Gasteiger partial charge on any atom is 0.306 e. The normalized spacial score (nSPS) is 12.6. The maximum absolute atomic E-state index is 12.8. The molecule has 0 saturated carbocycles. The van der Waals surface area contributed by atoms with Crippen molar-refractivity contribution in [2.75, 3.05) is 13.2 Å². The Balaban J connectivity index is 4.27. The Hall–Kier alpha value is -3.41. The lowest BCUT2D eigenvalue weighted by Crippen LogP contribution is -2.30. The predicted octanol–water partition coefficient (Wildman–Crippen LogP) is 21.1. The minimum Gasteiger partial charge on any atom is -0.462 e. The van der Waals surface area contributed by atoms with E-state index in [0.717, 1.165) is 89.9 Å². The van der Waals surface area contributed by atoms with Gasteiger partial charge in [0.15, 0.2) is 6.10 Å². The van der Waals surface area contributed by atoms with Gasteiger partial charge in [0.1, 0.15) is 13.2 Å². The van der Waals surface area contributed by atoms with E-state index in [2.05, 4.69) is 106 Å². The van der Waals surface area contributed by atoms with E-state index in [1.807, 2.05) is 0 Å². The number of hydrogen-bond acceptors (Lipinski definition) is 6. The van der Waals surface area contributed by atoms with Crippen molar-refractivity contribution in [3.63, 3.8) is 0 Å². The van der Waals surface area contributed by atoms with Crippen molar-refractivity contribution >= 4 is 17.9 Å². The van der Waals surface area contributed by atoms with Crippen LogP contribution in [0.4, 0.5) is 0 Å². The average Bonchev–Trinajstić information content (AvgIpc) is 3.39. The molecule has 0 aliphatic heterocycles. The van der Waals surface area contributed by atoms with Crippen LogP contribution >= 0.6 is 0 Å². The Morgan fingerprint density at radius 3 is 0.890 bits per heavy atom. The van der Waals surface area contributed by atoms with Crippen LogP contribution < -0.4 is 0 Å². The third kappa shape index (κ3) is 59.3. The number of hydrogen-bond donors (Lipinski definition) is 0. The van der Waals surface area contributed by atoms with Crippen molar-refractivity contribution in [3.8, 4) is 0 Å². The van der Waals surface area contributed by atoms with Crippen LogP contribution in [0.15, 0.2) is 85.1 Å². The molecule has 1 atom stereocenters. The molecule has 0 aliphatic carbocycles. The highest BCUT2D eigenvalue weighted by atomic mass is 16.6. The third-order valence-electron chi connectivity index (χ3n) is 13.4. The van der Waals surface area contributed by atoms with Gasteiger partial charge in [-0.15, -0.1) is 0 Å². The van der Waals surface area contributed by atoms with Crippen molar-refractivity contribution in [1.29, 1.82) is 0 Å². The average molecular weight is 1020 g/mol. The highest BCUT2D eigenvalue weighted by Crippen LogP contribution is 2.16. The zero-order valence-electron chi connectivity index (χ0n) is 48.1. The van der Waals surface area contributed by atoms with Crippen LogP contribution in [-0.4, -0.2) is 37.2 Å². The minimum absolute atomic E-state index is 0.0946. The van der Waals surface area contributed by atoms with Gasteiger partial charge in [-0.1, -0.05) is 254 Å². The molecule has 0 fully saturated rings. The van der Waals surface area contributed by atoms with Gasteiger partial charge in [-0.2, -0.15) is 0 Å². The molecule has 0 radical (unpaired) electrons. The fraction of sp³-hybridized carbons (Fsp3) is 0.746. The third-order valence-corrected chi connectivity index (χ3v) is 13.4. The number of unbranched alkanes of at least 4 members (excludes halogenated alkanes) is 31. The molecule has 0 aromatic carbocycles. The molecule has 6 nitrogen and oxygen atoms in total. The molecule has 0 aromatic rings. The predicted molar refractivity (Wildman–Crippen MR) is 316 cm³/mol. The van der Waals surface area contributed by atoms with E-state index in [-0.39, 0.29) is 37.5 Å². The summed E-state index contributed by atoms with van der Waals surface area (Å²) in [6.07, 6.45) is 80.3. The van der Waals surface area contributed by atoms with Crippen LogP contribution in [0.2, 0.25) is 0 Å². The quantitative estimate of drug-likeness (QED) is 0.0261. The molecule has 0 heterocycles. The zero-order valence-corrected chi connectivity index (χ0v) is 48.1. The first-order valence-corrected chi connectivity index (χ1v) is 31.1. The Morgan fingerprint density at radius 2 is 0.534 bits per heavy atom. The Bertz CT molecular complexity index is 1400. The number of rotatable bonds is 56. The lowest BCUT2D eigenvalue weighted by Gasteiger charge is -2.18. The zero-order chi connectivity index (χ0) is 52.9. The number of esters is 3. The van der Waals surface area contributed by atoms with Crippen molar-refractivity contribution in [2.45, 2.75) is 309 Å². The van der Waals surface area contributed by atoms with E-state index in [0.29, 0.717) is 19.3 Å². The minimum atomic E-state index is -0.801. The van der Waals surface area contributed by atoms with Gasteiger partial charge in [-0.05, 0) is 116 Å². The van der Waals surface area contributed by atoms with Gasteiger partial charge < -0.3 is 14.2 Å². The van der Waals surface area contributed by atoms with E-state index in [9.17, 15) is 14.4 Å². The molecule has 1 unspecified atom stereocenters. The molecule has 420 valence electrons. The van der Waals surface area contributed by atoms with Gasteiger partial charge >= 0.3 is 17.9 Å². The second kappa shape index (κ2) is 61.1. The van der Waals surface area contributed by atoms with E-state index >= 15 is 0 Å². The van der Waals surface area contributed by atoms with Crippen molar-refractivity contribution < 1.29 is 28.6 Å². The summed E-state index contributed by atoms with van der Waals surface area (Å²) in [6, 6.07) is 0. The molecule has 0 rings (SSSR count). The van der Waals surface area contributed by atoms with Crippen LogP contribution in [-0.2, 0) is 28.6 Å². The maximum atomic E-state index is 12.8. The second-order valence-electron chi connectivity index (χ2n) is 20.6. The Kier molecular flexibility index (Phi) is 58.3. The first-order valence-electron chi connectivity index (χ1n) is 31.1. The molecule has 0 aliphatic rings. The largest absolute Gasteiger partial charge is 0.462 e. The van der Waals surface area contributed by atoms with Gasteiger partial charge in [-0.3, -0.25) is 14.4 Å². The van der Waals surface area contributed by atoms with E-state index in [4.69, 9.17) is 14.2 Å². The van der Waals surface area contributed by atoms with Gasteiger partial charge in [0.25, 0.3) is 0 Å². The van der Waals surface area contributed by atoms with Crippen LogP contribution in [0, 0.1) is 0 Å². The standard InChI is InChI=1S/C67H116O6/c1-4-7-10-13-16-19-22-25-27-28-29-30-31-32-33-34-35-36-37-38-40-42-45-48-51-54-57-60-66(69)72-63-64(62-71-65(68)59-56-53-50-47-44-41-24-21-18-15-12-9-6-3)73-67(70)61-58-55-52-49-46-43-39-26-23-20-17-14-11-8-5-2/h8,11,17,20-22,24-26,28-29,39,46,49,64H,4-7,9-10,12-16,18-19,23,27,30-38,40-45,47-48,50-63H2,1-3H3/b11-8-,20-17-,24-21-,25-22-,29-28-,39-26-,49-46-. The van der Waals surface area contributed by atoms with Gasteiger partial charge in [0, 0.05) is 19.3 Å². The van der Waals surface area contributed by atoms with Crippen LogP contribution in [0.1, 0.15) is 303 Å². The summed E-state index contributed by atoms with van der Waals surface area (Å²) < 4.78 is 16.8. The number of ether oxygens (including phenoxy) is 3. The Morgan fingerprint density at radius 1 is 0.288 bits per heavy atom. The molecule has 0 N–H and O–H groups in total. The van der Waals surface area contributed by atoms with Crippen LogP contribution in [0.25, 0.3) is 0 Å². The molecule has 0 spiro atoms. The number of carbonyl (C=O) groups excluding carboxylic acids is 3. The molecular weight excluding hydrogens is 901 g/mol. The fourth-order valence-electron chi connectivity index (χ4n) is 8.69. The van der Waals surface area contributed by atoms with Crippen LogP contribution in [0.3, 0.4) is 0 Å². The Labute approximate surface area is 452 Å². The monoisotopic (exact) mass is 1020 g/mol. The molecule has 73 heavy (non-hydrogen) atoms. The van der Waals surface area contributed by atoms with Gasteiger partial charge in [0.05, 0.1) is 0 Å². The summed E-state index contributed by atoms with van der Waals surface area (Å²) in [5.74, 6) is -0.938. The topological polar surface area (TPSA) is 78.9 Å². The van der Waals surface area contributed by atoms with E-state index < -0.39 is 6.10 Å². The molecule has 6 heteroatoms. The molecule has 0 bridgehead atoms. The van der Waals surface area contributed by atoms with Gasteiger partial charge in [-0.25, -0.2) is 0 Å². The summed E-state index contributed by atoms with van der Waals surface area (Å²) in [5.41, 5.74) is 0. The number of allylic oxidation sites excluding steroid dienone is 14. The summed E-state index contributed by atoms with van der Waals surface area (Å²) in [6.45, 7) is 6.48. The van der Waals surface area contributed by atoms with Crippen LogP contribution in [0.5, 0.6) is 0 Å². The lowest BCUT2D eigenvalue weighted by atomic mass is 10.0.